The molecule has 0 aromatic carbocycles. The monoisotopic (exact) mass is 292 g/mol. The second-order valence-corrected chi connectivity index (χ2v) is 9.06. The first-order valence-electron chi connectivity index (χ1n) is 10.00. The Morgan fingerprint density at radius 3 is 1.91 bits per heavy atom. The zero-order valence-corrected chi connectivity index (χ0v) is 13.8. The SMILES string of the molecule is C1CC2=C1CCC2CC1CCC2=C1C(C[C@@H]1CC3=C1CC3)C2. The van der Waals surface area contributed by atoms with Gasteiger partial charge in [0.05, 0.1) is 0 Å². The lowest BCUT2D eigenvalue weighted by molar-refractivity contribution is 0.316. The van der Waals surface area contributed by atoms with Crippen molar-refractivity contribution < 1.29 is 0 Å². The zero-order valence-electron chi connectivity index (χ0n) is 13.8. The minimum absolute atomic E-state index is 1.00. The second kappa shape index (κ2) is 4.40. The molecule has 6 aliphatic carbocycles. The van der Waals surface area contributed by atoms with E-state index in [0.717, 1.165) is 23.7 Å². The zero-order chi connectivity index (χ0) is 14.3. The van der Waals surface area contributed by atoms with Crippen molar-refractivity contribution in [3.05, 3.63) is 33.4 Å². The molecule has 0 aromatic rings. The van der Waals surface area contributed by atoms with Crippen molar-refractivity contribution in [2.45, 2.75) is 77.0 Å². The summed E-state index contributed by atoms with van der Waals surface area (Å²) in [6, 6.07) is 0. The predicted molar refractivity (Wildman–Crippen MR) is 90.4 cm³/mol. The summed E-state index contributed by atoms with van der Waals surface area (Å²) in [5.74, 6) is 4.04. The third-order valence-electron chi connectivity index (χ3n) is 8.29. The van der Waals surface area contributed by atoms with Crippen molar-refractivity contribution >= 4 is 0 Å². The summed E-state index contributed by atoms with van der Waals surface area (Å²) in [4.78, 5) is 0. The van der Waals surface area contributed by atoms with Crippen LogP contribution < -0.4 is 0 Å². The van der Waals surface area contributed by atoms with Crippen LogP contribution in [0.4, 0.5) is 0 Å². The minimum Gasteiger partial charge on any atom is -0.0704 e. The van der Waals surface area contributed by atoms with Gasteiger partial charge in [0.2, 0.25) is 0 Å². The molecule has 116 valence electrons. The molecule has 0 aromatic heterocycles. The van der Waals surface area contributed by atoms with E-state index < -0.39 is 0 Å². The van der Waals surface area contributed by atoms with Gasteiger partial charge in [-0.05, 0) is 101 Å². The van der Waals surface area contributed by atoms with Gasteiger partial charge < -0.3 is 0 Å². The lowest BCUT2D eigenvalue weighted by atomic mass is 9.60. The lowest BCUT2D eigenvalue weighted by Crippen LogP contribution is -2.31. The van der Waals surface area contributed by atoms with Crippen molar-refractivity contribution in [2.75, 3.05) is 0 Å². The van der Waals surface area contributed by atoms with E-state index in [0.29, 0.717) is 0 Å². The van der Waals surface area contributed by atoms with Crippen LogP contribution in [0.25, 0.3) is 0 Å². The maximum atomic E-state index is 2.00. The molecule has 4 atom stereocenters. The van der Waals surface area contributed by atoms with Gasteiger partial charge in [0.1, 0.15) is 0 Å². The predicted octanol–water partition coefficient (Wildman–Crippen LogP) is 6.10. The van der Waals surface area contributed by atoms with Crippen molar-refractivity contribution in [1.82, 2.24) is 0 Å². The summed E-state index contributed by atoms with van der Waals surface area (Å²) < 4.78 is 0. The van der Waals surface area contributed by atoms with E-state index in [1.165, 1.54) is 77.0 Å². The van der Waals surface area contributed by atoms with Gasteiger partial charge in [-0.25, -0.2) is 0 Å². The van der Waals surface area contributed by atoms with Crippen LogP contribution >= 0.6 is 0 Å². The van der Waals surface area contributed by atoms with Crippen molar-refractivity contribution in [2.24, 2.45) is 23.7 Å². The second-order valence-electron chi connectivity index (χ2n) is 9.06. The summed E-state index contributed by atoms with van der Waals surface area (Å²) in [7, 11) is 0. The van der Waals surface area contributed by atoms with Crippen LogP contribution in [0, 0.1) is 23.7 Å². The topological polar surface area (TPSA) is 0 Å². The molecule has 0 amide bonds. The first-order valence-corrected chi connectivity index (χ1v) is 10.00. The molecular weight excluding hydrogens is 264 g/mol. The molecule has 0 N–H and O–H groups in total. The Morgan fingerprint density at radius 1 is 0.545 bits per heavy atom. The smallest absolute Gasteiger partial charge is 0.0155 e. The van der Waals surface area contributed by atoms with Gasteiger partial charge in [-0.3, -0.25) is 0 Å². The molecule has 6 rings (SSSR count). The maximum absolute atomic E-state index is 2.00. The Kier molecular flexibility index (Phi) is 2.52. The number of allylic oxidation sites excluding steroid dienone is 6. The first-order chi connectivity index (χ1) is 10.9. The van der Waals surface area contributed by atoms with E-state index >= 15 is 0 Å². The molecule has 0 radical (unpaired) electrons. The van der Waals surface area contributed by atoms with Gasteiger partial charge in [-0.15, -0.1) is 0 Å². The summed E-state index contributed by atoms with van der Waals surface area (Å²) >= 11 is 0. The number of hydrogen-bond acceptors (Lipinski definition) is 0. The highest BCUT2D eigenvalue weighted by Crippen LogP contribution is 2.58. The molecule has 6 aliphatic rings. The van der Waals surface area contributed by atoms with Crippen molar-refractivity contribution in [1.29, 1.82) is 0 Å². The van der Waals surface area contributed by atoms with Crippen LogP contribution in [0.1, 0.15) is 77.0 Å². The van der Waals surface area contributed by atoms with Gasteiger partial charge in [-0.2, -0.15) is 0 Å². The van der Waals surface area contributed by atoms with Crippen LogP contribution in [0.3, 0.4) is 0 Å². The van der Waals surface area contributed by atoms with E-state index in [1.54, 1.807) is 0 Å². The molecule has 0 spiro atoms. The molecule has 0 heteroatoms. The molecule has 0 aliphatic heterocycles. The average Bonchev–Trinajstić information content (AvgIpc) is 2.88. The normalized spacial score (nSPS) is 41.5. The van der Waals surface area contributed by atoms with E-state index in [9.17, 15) is 0 Å². The van der Waals surface area contributed by atoms with Gasteiger partial charge in [-0.1, -0.05) is 33.4 Å². The average molecular weight is 292 g/mol. The van der Waals surface area contributed by atoms with Crippen LogP contribution in [0.15, 0.2) is 33.4 Å². The summed E-state index contributed by atoms with van der Waals surface area (Å²) in [6.45, 7) is 0. The fourth-order valence-electron chi connectivity index (χ4n) is 6.89. The third-order valence-corrected chi connectivity index (χ3v) is 8.29. The fraction of sp³-hybridized carbons (Fsp3) is 0.727. The highest BCUT2D eigenvalue weighted by molar-refractivity contribution is 5.40. The van der Waals surface area contributed by atoms with Crippen LogP contribution in [0.5, 0.6) is 0 Å². The van der Waals surface area contributed by atoms with Gasteiger partial charge in [0.15, 0.2) is 0 Å². The maximum Gasteiger partial charge on any atom is -0.0155 e. The minimum atomic E-state index is 1.00. The van der Waals surface area contributed by atoms with E-state index in [4.69, 9.17) is 0 Å². The standard InChI is InChI=1S/C22H28/c1-2-14(20-7-5-13(1)20)9-16-3-4-17-11-19(22(16)17)12-18-10-15-6-8-21(15)18/h14,16,18-19H,1-12H2/t14?,16?,18-,19?/m0/s1. The summed E-state index contributed by atoms with van der Waals surface area (Å²) in [5.41, 5.74) is 11.5. The van der Waals surface area contributed by atoms with E-state index in [2.05, 4.69) is 0 Å². The molecular formula is C22H28. The van der Waals surface area contributed by atoms with Crippen LogP contribution in [0.2, 0.25) is 0 Å². The van der Waals surface area contributed by atoms with E-state index in [-0.39, 0.29) is 0 Å². The highest BCUT2D eigenvalue weighted by atomic mass is 14.5. The molecule has 0 saturated heterocycles. The molecule has 22 heavy (non-hydrogen) atoms. The number of rotatable bonds is 4. The molecule has 0 saturated carbocycles. The Hall–Kier alpha value is -0.780. The van der Waals surface area contributed by atoms with Crippen molar-refractivity contribution in [3.8, 4) is 0 Å². The molecule has 0 nitrogen and oxygen atoms in total. The quantitative estimate of drug-likeness (QED) is 0.549. The Bertz CT molecular complexity index is 641. The van der Waals surface area contributed by atoms with Gasteiger partial charge >= 0.3 is 0 Å². The Morgan fingerprint density at radius 2 is 1.23 bits per heavy atom. The third kappa shape index (κ3) is 1.60. The van der Waals surface area contributed by atoms with Crippen LogP contribution in [-0.2, 0) is 0 Å². The first kappa shape index (κ1) is 12.6. The summed E-state index contributed by atoms with van der Waals surface area (Å²) in [6.07, 6.45) is 17.8. The molecule has 0 fully saturated rings. The Balaban J connectivity index is 1.14. The number of hydrogen-bond donors (Lipinski definition) is 0. The molecule has 3 unspecified atom stereocenters. The lowest BCUT2D eigenvalue weighted by Gasteiger charge is -2.45. The van der Waals surface area contributed by atoms with Crippen LogP contribution in [-0.4, -0.2) is 0 Å². The van der Waals surface area contributed by atoms with E-state index in [1.807, 2.05) is 33.4 Å². The largest absolute Gasteiger partial charge is 0.0704 e. The molecule has 0 bridgehead atoms. The Labute approximate surface area is 134 Å². The summed E-state index contributed by atoms with van der Waals surface area (Å²) in [5, 5.41) is 0. The highest BCUT2D eigenvalue weighted by Gasteiger charge is 2.44. The molecule has 0 heterocycles. The van der Waals surface area contributed by atoms with Gasteiger partial charge in [0, 0.05) is 0 Å². The van der Waals surface area contributed by atoms with Crippen molar-refractivity contribution in [3.63, 3.8) is 0 Å². The van der Waals surface area contributed by atoms with Gasteiger partial charge in [0.25, 0.3) is 0 Å². The fourth-order valence-corrected chi connectivity index (χ4v) is 6.89.